The Labute approximate surface area is 252 Å². The maximum atomic E-state index is 2.35. The molecular weight excluding hydrogens is 505 g/mol. The molecule has 1 aliphatic rings. The van der Waals surface area contributed by atoms with Gasteiger partial charge in [-0.1, -0.05) is 169 Å². The van der Waals surface area contributed by atoms with Gasteiger partial charge in [-0.2, -0.15) is 0 Å². The van der Waals surface area contributed by atoms with E-state index < -0.39 is 0 Å². The van der Waals surface area contributed by atoms with Gasteiger partial charge in [0, 0.05) is 0 Å². The Morgan fingerprint density at radius 3 is 1.90 bits per heavy atom. The second-order valence-electron chi connectivity index (χ2n) is 11.3. The third-order valence-electron chi connectivity index (χ3n) is 8.69. The van der Waals surface area contributed by atoms with Crippen LogP contribution in [0.1, 0.15) is 49.3 Å². The molecule has 0 aromatic heterocycles. The van der Waals surface area contributed by atoms with Crippen molar-refractivity contribution in [3.8, 4) is 0 Å². The summed E-state index contributed by atoms with van der Waals surface area (Å²) in [6.45, 7) is 2.57. The Morgan fingerprint density at radius 1 is 0.548 bits per heavy atom. The van der Waals surface area contributed by atoms with E-state index in [2.05, 4.69) is 140 Å². The number of unbranched alkanes of at least 4 members (excludes halogenated alkanes) is 1. The Hall–Kier alpha value is -4.14. The molecule has 1 nitrogen and oxygen atoms in total. The van der Waals surface area contributed by atoms with Crippen molar-refractivity contribution in [3.05, 3.63) is 150 Å². The van der Waals surface area contributed by atoms with Gasteiger partial charge in [0.15, 0.2) is 0 Å². The molecule has 2 heteroatoms. The maximum absolute atomic E-state index is 2.35. The van der Waals surface area contributed by atoms with E-state index in [0.29, 0.717) is 6.71 Å². The zero-order valence-corrected chi connectivity index (χ0v) is 24.9. The molecule has 0 unspecified atom stereocenters. The highest BCUT2D eigenvalue weighted by Crippen LogP contribution is 2.33. The van der Waals surface area contributed by atoms with Gasteiger partial charge in [-0.3, -0.25) is 0 Å². The molecule has 6 aromatic carbocycles. The van der Waals surface area contributed by atoms with E-state index in [4.69, 9.17) is 0 Å². The molecule has 0 saturated heterocycles. The first kappa shape index (κ1) is 29.4. The molecule has 6 aromatic rings. The highest BCUT2D eigenvalue weighted by atomic mass is 14.2. The van der Waals surface area contributed by atoms with Gasteiger partial charge < -0.3 is 6.15 Å². The molecule has 3 N–H and O–H groups in total. The number of hydrogen-bond donors (Lipinski definition) is 1. The normalized spacial score (nSPS) is 12.1. The van der Waals surface area contributed by atoms with Crippen molar-refractivity contribution in [1.82, 2.24) is 6.15 Å². The number of fused-ring (bicyclic) bond motifs is 5. The summed E-state index contributed by atoms with van der Waals surface area (Å²) in [6, 6.07) is 48.6. The van der Waals surface area contributed by atoms with Crippen LogP contribution in [0.5, 0.6) is 0 Å². The van der Waals surface area contributed by atoms with Crippen molar-refractivity contribution >= 4 is 44.6 Å². The molecule has 0 saturated carbocycles. The summed E-state index contributed by atoms with van der Waals surface area (Å²) in [5.74, 6) is 0. The monoisotopic (exact) mass is 547 g/mol. The third-order valence-corrected chi connectivity index (χ3v) is 8.69. The minimum atomic E-state index is 0. The smallest absolute Gasteiger partial charge is 0.241 e. The van der Waals surface area contributed by atoms with Crippen LogP contribution in [-0.4, -0.2) is 6.71 Å². The molecule has 42 heavy (non-hydrogen) atoms. The number of aryl methyl sites for hydroxylation is 3. The molecule has 0 amide bonds. The van der Waals surface area contributed by atoms with Gasteiger partial charge >= 0.3 is 0 Å². The van der Waals surface area contributed by atoms with Crippen LogP contribution in [0.4, 0.5) is 0 Å². The van der Waals surface area contributed by atoms with Crippen LogP contribution in [0.3, 0.4) is 0 Å². The van der Waals surface area contributed by atoms with Crippen LogP contribution >= 0.6 is 0 Å². The van der Waals surface area contributed by atoms with Crippen LogP contribution in [0.2, 0.25) is 0 Å². The lowest BCUT2D eigenvalue weighted by Gasteiger charge is -2.19. The molecule has 210 valence electrons. The number of benzene rings is 6. The van der Waals surface area contributed by atoms with Crippen molar-refractivity contribution in [1.29, 1.82) is 0 Å². The lowest BCUT2D eigenvalue weighted by Crippen LogP contribution is -2.53. The molecule has 7 rings (SSSR count). The second kappa shape index (κ2) is 14.2. The summed E-state index contributed by atoms with van der Waals surface area (Å²) in [5, 5.41) is 5.64. The minimum absolute atomic E-state index is 0. The number of rotatable bonds is 6. The summed E-state index contributed by atoms with van der Waals surface area (Å²) in [6.07, 6.45) is 8.85. The Morgan fingerprint density at radius 2 is 1.17 bits per heavy atom. The van der Waals surface area contributed by atoms with Crippen LogP contribution in [0, 0.1) is 0 Å². The maximum Gasteiger partial charge on any atom is 0.241 e. The molecule has 0 aliphatic heterocycles. The van der Waals surface area contributed by atoms with Gasteiger partial charge in [0.25, 0.3) is 0 Å². The molecule has 0 bridgehead atoms. The van der Waals surface area contributed by atoms with Gasteiger partial charge in [0.1, 0.15) is 0 Å². The van der Waals surface area contributed by atoms with Crippen LogP contribution < -0.4 is 22.5 Å². The summed E-state index contributed by atoms with van der Waals surface area (Å²) in [7, 11) is 0. The molecule has 0 heterocycles. The Kier molecular flexibility index (Phi) is 9.90. The molecule has 0 fully saturated rings. The SMILES string of the molecule is CCCCc1ccccc1B(c1ccccc1)c1ccccc1.N.c1ccc2c(c1)ccc1c3c(ccc12)CCCC3. The lowest BCUT2D eigenvalue weighted by atomic mass is 9.36. The molecule has 0 atom stereocenters. The van der Waals surface area contributed by atoms with E-state index >= 15 is 0 Å². The van der Waals surface area contributed by atoms with E-state index in [9.17, 15) is 0 Å². The highest BCUT2D eigenvalue weighted by molar-refractivity contribution is 6.95. The standard InChI is InChI=1S/C22H23B.C18H16.H3N/c1-2-3-12-19-13-10-11-18-22(19)23(20-14-6-4-7-15-20)21-16-8-5-9-17-21;1-3-7-15-13(5-1)9-11-18-16-8-4-2-6-14(16)10-12-17(15)18;/h4-11,13-18H,2-3,12H2,1H3;1,3,5,7,9-12H,2,4,6,8H2;1H3. The largest absolute Gasteiger partial charge is 0.344 e. The lowest BCUT2D eigenvalue weighted by molar-refractivity contribution is 0.690. The molecular formula is C40H42BN. The van der Waals surface area contributed by atoms with Gasteiger partial charge in [0.05, 0.1) is 0 Å². The third kappa shape index (κ3) is 6.35. The van der Waals surface area contributed by atoms with E-state index in [1.807, 2.05) is 0 Å². The van der Waals surface area contributed by atoms with Crippen LogP contribution in [0.25, 0.3) is 21.5 Å². The summed E-state index contributed by atoms with van der Waals surface area (Å²) < 4.78 is 0. The van der Waals surface area contributed by atoms with Crippen molar-refractivity contribution in [2.75, 3.05) is 0 Å². The van der Waals surface area contributed by atoms with E-state index in [0.717, 1.165) is 6.42 Å². The first-order chi connectivity index (χ1) is 20.3. The predicted molar refractivity (Wildman–Crippen MR) is 186 cm³/mol. The van der Waals surface area contributed by atoms with Crippen molar-refractivity contribution in [2.24, 2.45) is 0 Å². The number of hydrogen-bond acceptors (Lipinski definition) is 1. The summed E-state index contributed by atoms with van der Waals surface area (Å²) in [5.41, 5.74) is 8.82. The molecule has 1 aliphatic carbocycles. The Balaban J connectivity index is 0.000000168. The zero-order valence-electron chi connectivity index (χ0n) is 24.9. The van der Waals surface area contributed by atoms with Gasteiger partial charge in [0.2, 0.25) is 6.71 Å². The first-order valence-corrected chi connectivity index (χ1v) is 15.4. The average molecular weight is 548 g/mol. The van der Waals surface area contributed by atoms with Crippen molar-refractivity contribution < 1.29 is 0 Å². The van der Waals surface area contributed by atoms with E-state index in [-0.39, 0.29) is 6.15 Å². The van der Waals surface area contributed by atoms with Crippen molar-refractivity contribution in [2.45, 2.75) is 51.9 Å². The van der Waals surface area contributed by atoms with Gasteiger partial charge in [-0.25, -0.2) is 0 Å². The summed E-state index contributed by atoms with van der Waals surface area (Å²) >= 11 is 0. The molecule has 0 radical (unpaired) electrons. The minimum Gasteiger partial charge on any atom is -0.344 e. The first-order valence-electron chi connectivity index (χ1n) is 15.4. The van der Waals surface area contributed by atoms with Gasteiger partial charge in [-0.15, -0.1) is 0 Å². The zero-order chi connectivity index (χ0) is 27.9. The predicted octanol–water partition coefficient (Wildman–Crippen LogP) is 8.58. The van der Waals surface area contributed by atoms with E-state index in [1.165, 1.54) is 82.0 Å². The van der Waals surface area contributed by atoms with Gasteiger partial charge in [-0.05, 0) is 71.2 Å². The Bertz CT molecular complexity index is 1690. The van der Waals surface area contributed by atoms with Crippen LogP contribution in [-0.2, 0) is 19.3 Å². The fourth-order valence-corrected chi connectivity index (χ4v) is 6.60. The van der Waals surface area contributed by atoms with E-state index in [1.54, 1.807) is 11.1 Å². The topological polar surface area (TPSA) is 35.0 Å². The highest BCUT2D eigenvalue weighted by Gasteiger charge is 2.23. The summed E-state index contributed by atoms with van der Waals surface area (Å²) in [4.78, 5) is 0. The fraction of sp³-hybridized carbons (Fsp3) is 0.200. The van der Waals surface area contributed by atoms with Crippen LogP contribution in [0.15, 0.2) is 133 Å². The quantitative estimate of drug-likeness (QED) is 0.165. The fourth-order valence-electron chi connectivity index (χ4n) is 6.60. The average Bonchev–Trinajstić information content (AvgIpc) is 3.05. The second-order valence-corrected chi connectivity index (χ2v) is 11.3. The van der Waals surface area contributed by atoms with Crippen molar-refractivity contribution in [3.63, 3.8) is 0 Å². The molecule has 0 spiro atoms.